The molecule has 1 aliphatic rings. The molecule has 3 rings (SSSR count). The molecule has 0 aliphatic carbocycles. The molecule has 2 N–H and O–H groups in total. The van der Waals surface area contributed by atoms with Crippen molar-refractivity contribution in [3.63, 3.8) is 0 Å². The van der Waals surface area contributed by atoms with Crippen LogP contribution in [0.2, 0.25) is 0 Å². The van der Waals surface area contributed by atoms with Gasteiger partial charge in [0.2, 0.25) is 0 Å². The van der Waals surface area contributed by atoms with E-state index >= 15 is 0 Å². The summed E-state index contributed by atoms with van der Waals surface area (Å²) in [6.07, 6.45) is 0. The lowest BCUT2D eigenvalue weighted by Gasteiger charge is -2.39. The van der Waals surface area contributed by atoms with Gasteiger partial charge >= 0.3 is 0 Å². The molecule has 0 amide bonds. The Bertz CT molecular complexity index is 572. The Morgan fingerprint density at radius 3 is 2.00 bits per heavy atom. The Kier molecular flexibility index (Phi) is 4.46. The number of nitrogens with two attached hydrogens (primary N) is 1. The summed E-state index contributed by atoms with van der Waals surface area (Å²) >= 11 is 0. The van der Waals surface area contributed by atoms with E-state index in [-0.39, 0.29) is 5.54 Å². The van der Waals surface area contributed by atoms with Crippen LogP contribution in [0, 0.1) is 0 Å². The molecule has 0 spiro atoms. The molecular weight excluding hydrogens is 270 g/mol. The Morgan fingerprint density at radius 1 is 0.864 bits per heavy atom. The van der Waals surface area contributed by atoms with Crippen molar-refractivity contribution in [3.8, 4) is 0 Å². The Hall–Kier alpha value is -1.84. The lowest BCUT2D eigenvalue weighted by atomic mass is 9.92. The van der Waals surface area contributed by atoms with Gasteiger partial charge in [0.25, 0.3) is 0 Å². The Labute approximate surface area is 133 Å². The maximum atomic E-state index is 6.56. The highest BCUT2D eigenvalue weighted by Crippen LogP contribution is 2.21. The molecule has 0 bridgehead atoms. The van der Waals surface area contributed by atoms with Crippen LogP contribution in [0.25, 0.3) is 0 Å². The zero-order valence-corrected chi connectivity index (χ0v) is 13.3. The lowest BCUT2D eigenvalue weighted by molar-refractivity contribution is 0.206. The first-order valence-electron chi connectivity index (χ1n) is 8.02. The largest absolute Gasteiger partial charge is 0.369 e. The molecule has 22 heavy (non-hydrogen) atoms. The SMILES string of the molecule is CC(N)(CN1CCN(c2ccccc2)CC1)c1ccccc1. The lowest BCUT2D eigenvalue weighted by Crippen LogP contribution is -2.52. The van der Waals surface area contributed by atoms with E-state index in [1.54, 1.807) is 0 Å². The number of anilines is 1. The molecule has 1 unspecified atom stereocenters. The van der Waals surface area contributed by atoms with E-state index < -0.39 is 0 Å². The predicted molar refractivity (Wildman–Crippen MR) is 93.1 cm³/mol. The van der Waals surface area contributed by atoms with E-state index in [0.29, 0.717) is 0 Å². The van der Waals surface area contributed by atoms with Crippen molar-refractivity contribution in [2.24, 2.45) is 5.73 Å². The quantitative estimate of drug-likeness (QED) is 0.941. The molecule has 116 valence electrons. The van der Waals surface area contributed by atoms with Crippen molar-refractivity contribution >= 4 is 5.69 Å². The maximum Gasteiger partial charge on any atom is 0.0509 e. The summed E-state index contributed by atoms with van der Waals surface area (Å²) in [4.78, 5) is 4.93. The summed E-state index contributed by atoms with van der Waals surface area (Å²) in [6, 6.07) is 21.1. The first kappa shape index (κ1) is 15.1. The number of hydrogen-bond acceptors (Lipinski definition) is 3. The molecule has 1 atom stereocenters. The molecule has 0 aromatic heterocycles. The van der Waals surface area contributed by atoms with Gasteiger partial charge in [-0.1, -0.05) is 48.5 Å². The van der Waals surface area contributed by atoms with E-state index in [2.05, 4.69) is 71.3 Å². The van der Waals surface area contributed by atoms with Gasteiger partial charge in [0, 0.05) is 38.4 Å². The number of nitrogens with zero attached hydrogens (tertiary/aromatic N) is 2. The van der Waals surface area contributed by atoms with Gasteiger partial charge in [-0.2, -0.15) is 0 Å². The highest BCUT2D eigenvalue weighted by molar-refractivity contribution is 5.46. The van der Waals surface area contributed by atoms with Crippen molar-refractivity contribution in [3.05, 3.63) is 66.2 Å². The normalized spacial score (nSPS) is 18.9. The van der Waals surface area contributed by atoms with Gasteiger partial charge in [0.15, 0.2) is 0 Å². The van der Waals surface area contributed by atoms with Crippen molar-refractivity contribution < 1.29 is 0 Å². The van der Waals surface area contributed by atoms with Crippen molar-refractivity contribution in [1.82, 2.24) is 4.90 Å². The third kappa shape index (κ3) is 3.49. The Balaban J connectivity index is 1.58. The van der Waals surface area contributed by atoms with Gasteiger partial charge < -0.3 is 10.6 Å². The molecular formula is C19H25N3. The van der Waals surface area contributed by atoms with Crippen LogP contribution in [0.1, 0.15) is 12.5 Å². The van der Waals surface area contributed by atoms with Crippen LogP contribution >= 0.6 is 0 Å². The summed E-state index contributed by atoms with van der Waals surface area (Å²) in [5.41, 5.74) is 8.79. The zero-order valence-electron chi connectivity index (χ0n) is 13.3. The van der Waals surface area contributed by atoms with Crippen molar-refractivity contribution in [2.45, 2.75) is 12.5 Å². The minimum absolute atomic E-state index is 0.295. The number of para-hydroxylation sites is 1. The van der Waals surface area contributed by atoms with Crippen LogP contribution in [-0.2, 0) is 5.54 Å². The van der Waals surface area contributed by atoms with E-state index in [4.69, 9.17) is 5.73 Å². The van der Waals surface area contributed by atoms with Crippen LogP contribution < -0.4 is 10.6 Å². The van der Waals surface area contributed by atoms with Gasteiger partial charge in [-0.3, -0.25) is 4.90 Å². The number of rotatable bonds is 4. The third-order valence-electron chi connectivity index (χ3n) is 4.48. The van der Waals surface area contributed by atoms with E-state index in [0.717, 1.165) is 32.7 Å². The smallest absolute Gasteiger partial charge is 0.0509 e. The van der Waals surface area contributed by atoms with Crippen LogP contribution in [0.3, 0.4) is 0 Å². The van der Waals surface area contributed by atoms with E-state index in [9.17, 15) is 0 Å². The first-order chi connectivity index (χ1) is 10.6. The van der Waals surface area contributed by atoms with Gasteiger partial charge in [-0.25, -0.2) is 0 Å². The average molecular weight is 295 g/mol. The average Bonchev–Trinajstić information content (AvgIpc) is 2.57. The minimum Gasteiger partial charge on any atom is -0.369 e. The summed E-state index contributed by atoms with van der Waals surface area (Å²) in [7, 11) is 0. The van der Waals surface area contributed by atoms with Crippen LogP contribution in [-0.4, -0.2) is 37.6 Å². The second kappa shape index (κ2) is 6.51. The van der Waals surface area contributed by atoms with Crippen LogP contribution in [0.5, 0.6) is 0 Å². The van der Waals surface area contributed by atoms with Gasteiger partial charge in [-0.15, -0.1) is 0 Å². The van der Waals surface area contributed by atoms with E-state index in [1.807, 2.05) is 6.07 Å². The second-order valence-electron chi connectivity index (χ2n) is 6.38. The van der Waals surface area contributed by atoms with Gasteiger partial charge in [0.05, 0.1) is 5.54 Å². The highest BCUT2D eigenvalue weighted by Gasteiger charge is 2.26. The topological polar surface area (TPSA) is 32.5 Å². The van der Waals surface area contributed by atoms with Gasteiger partial charge in [0.1, 0.15) is 0 Å². The molecule has 0 saturated carbocycles. The molecule has 1 aliphatic heterocycles. The highest BCUT2D eigenvalue weighted by atomic mass is 15.3. The first-order valence-corrected chi connectivity index (χ1v) is 8.02. The molecule has 3 nitrogen and oxygen atoms in total. The van der Waals surface area contributed by atoms with Crippen LogP contribution in [0.15, 0.2) is 60.7 Å². The fourth-order valence-corrected chi connectivity index (χ4v) is 3.18. The summed E-state index contributed by atoms with van der Waals surface area (Å²) in [5.74, 6) is 0. The van der Waals surface area contributed by atoms with Crippen molar-refractivity contribution in [1.29, 1.82) is 0 Å². The molecule has 2 aromatic carbocycles. The molecule has 1 fully saturated rings. The Morgan fingerprint density at radius 2 is 1.41 bits per heavy atom. The molecule has 3 heteroatoms. The molecule has 1 saturated heterocycles. The third-order valence-corrected chi connectivity index (χ3v) is 4.48. The second-order valence-corrected chi connectivity index (χ2v) is 6.38. The fraction of sp³-hybridized carbons (Fsp3) is 0.368. The fourth-order valence-electron chi connectivity index (χ4n) is 3.18. The van der Waals surface area contributed by atoms with E-state index in [1.165, 1.54) is 11.3 Å². The van der Waals surface area contributed by atoms with Crippen molar-refractivity contribution in [2.75, 3.05) is 37.6 Å². The standard InChI is InChI=1S/C19H25N3/c1-19(20,17-8-4-2-5-9-17)16-21-12-14-22(15-13-21)18-10-6-3-7-11-18/h2-11H,12-16,20H2,1H3. The summed E-state index contributed by atoms with van der Waals surface area (Å²) < 4.78 is 0. The van der Waals surface area contributed by atoms with Gasteiger partial charge in [-0.05, 0) is 24.6 Å². The minimum atomic E-state index is -0.295. The van der Waals surface area contributed by atoms with Crippen LogP contribution in [0.4, 0.5) is 5.69 Å². The molecule has 2 aromatic rings. The predicted octanol–water partition coefficient (Wildman–Crippen LogP) is 2.68. The molecule has 1 heterocycles. The summed E-state index contributed by atoms with van der Waals surface area (Å²) in [5, 5.41) is 0. The zero-order chi connectivity index (χ0) is 15.4. The monoisotopic (exact) mass is 295 g/mol. The summed E-state index contributed by atoms with van der Waals surface area (Å²) in [6.45, 7) is 7.29. The number of piperazine rings is 1. The number of hydrogen-bond donors (Lipinski definition) is 1. The number of benzene rings is 2. The molecule has 0 radical (unpaired) electrons. The maximum absolute atomic E-state index is 6.56.